The molecule has 1 unspecified atom stereocenters. The van der Waals surface area contributed by atoms with Crippen LogP contribution in [-0.4, -0.2) is 30.2 Å². The van der Waals surface area contributed by atoms with E-state index in [9.17, 15) is 9.59 Å². The molecule has 5 heteroatoms. The molecule has 0 radical (unpaired) electrons. The Morgan fingerprint density at radius 1 is 1.33 bits per heavy atom. The predicted octanol–water partition coefficient (Wildman–Crippen LogP) is 2.00. The van der Waals surface area contributed by atoms with Gasteiger partial charge < -0.3 is 15.7 Å². The van der Waals surface area contributed by atoms with Gasteiger partial charge in [-0.15, -0.1) is 6.58 Å². The third-order valence-electron chi connectivity index (χ3n) is 2.35. The topological polar surface area (TPSA) is 78.4 Å². The Kier molecular flexibility index (Phi) is 7.08. The second-order valence-electron chi connectivity index (χ2n) is 5.51. The van der Waals surface area contributed by atoms with Crippen molar-refractivity contribution in [3.05, 3.63) is 12.7 Å². The van der Waals surface area contributed by atoms with E-state index in [0.717, 1.165) is 0 Å². The van der Waals surface area contributed by atoms with E-state index in [1.807, 2.05) is 20.8 Å². The van der Waals surface area contributed by atoms with Gasteiger partial charge in [-0.25, -0.2) is 4.79 Å². The molecule has 0 aromatic rings. The number of rotatable bonds is 7. The molecule has 0 heterocycles. The fourth-order valence-corrected chi connectivity index (χ4v) is 1.55. The number of hydrogen-bond acceptors (Lipinski definition) is 2. The van der Waals surface area contributed by atoms with Crippen molar-refractivity contribution in [3.63, 3.8) is 0 Å². The van der Waals surface area contributed by atoms with E-state index in [4.69, 9.17) is 5.11 Å². The Labute approximate surface area is 109 Å². The van der Waals surface area contributed by atoms with Crippen LogP contribution in [0.4, 0.5) is 4.79 Å². The Morgan fingerprint density at radius 3 is 2.39 bits per heavy atom. The SMILES string of the molecule is C=CCCNC(=O)NCC(CC(C)(C)C)C(=O)O. The maximum absolute atomic E-state index is 11.4. The van der Waals surface area contributed by atoms with Crippen molar-refractivity contribution >= 4 is 12.0 Å². The van der Waals surface area contributed by atoms with E-state index in [2.05, 4.69) is 17.2 Å². The van der Waals surface area contributed by atoms with Crippen molar-refractivity contribution in [2.45, 2.75) is 33.6 Å². The number of nitrogens with one attached hydrogen (secondary N) is 2. The van der Waals surface area contributed by atoms with Crippen LogP contribution in [0.2, 0.25) is 0 Å². The van der Waals surface area contributed by atoms with Crippen LogP contribution in [-0.2, 0) is 4.79 Å². The molecule has 0 aliphatic rings. The molecule has 18 heavy (non-hydrogen) atoms. The van der Waals surface area contributed by atoms with E-state index in [0.29, 0.717) is 19.4 Å². The van der Waals surface area contributed by atoms with Crippen LogP contribution in [0.15, 0.2) is 12.7 Å². The summed E-state index contributed by atoms with van der Waals surface area (Å²) in [5, 5.41) is 14.3. The number of urea groups is 1. The normalized spacial score (nSPS) is 12.6. The van der Waals surface area contributed by atoms with E-state index in [1.165, 1.54) is 0 Å². The molecule has 3 N–H and O–H groups in total. The van der Waals surface area contributed by atoms with E-state index < -0.39 is 11.9 Å². The van der Waals surface area contributed by atoms with Crippen molar-refractivity contribution < 1.29 is 14.7 Å². The van der Waals surface area contributed by atoms with Gasteiger partial charge in [0.1, 0.15) is 0 Å². The van der Waals surface area contributed by atoms with Crippen LogP contribution in [0, 0.1) is 11.3 Å². The number of amides is 2. The molecule has 0 fully saturated rings. The third kappa shape index (κ3) is 8.61. The minimum absolute atomic E-state index is 0.0793. The molecule has 0 saturated carbocycles. The van der Waals surface area contributed by atoms with Gasteiger partial charge in [-0.1, -0.05) is 26.8 Å². The van der Waals surface area contributed by atoms with Crippen molar-refractivity contribution in [1.29, 1.82) is 0 Å². The lowest BCUT2D eigenvalue weighted by molar-refractivity contribution is -0.142. The van der Waals surface area contributed by atoms with Gasteiger partial charge in [0.2, 0.25) is 0 Å². The highest BCUT2D eigenvalue weighted by atomic mass is 16.4. The molecule has 0 rings (SSSR count). The minimum Gasteiger partial charge on any atom is -0.481 e. The van der Waals surface area contributed by atoms with Gasteiger partial charge in [0.05, 0.1) is 5.92 Å². The molecular formula is C13H24N2O3. The summed E-state index contributed by atoms with van der Waals surface area (Å²) in [5.74, 6) is -1.44. The Bertz CT molecular complexity index is 295. The van der Waals surface area contributed by atoms with Crippen molar-refractivity contribution in [1.82, 2.24) is 10.6 Å². The molecule has 1 atom stereocenters. The van der Waals surface area contributed by atoms with Crippen LogP contribution >= 0.6 is 0 Å². The fourth-order valence-electron chi connectivity index (χ4n) is 1.55. The molecule has 0 bridgehead atoms. The molecule has 0 aliphatic carbocycles. The first kappa shape index (κ1) is 16.5. The Balaban J connectivity index is 4.08. The average Bonchev–Trinajstić information content (AvgIpc) is 2.22. The number of carboxylic acids is 1. The molecule has 104 valence electrons. The lowest BCUT2D eigenvalue weighted by Crippen LogP contribution is -2.41. The van der Waals surface area contributed by atoms with Crippen LogP contribution in [0.5, 0.6) is 0 Å². The van der Waals surface area contributed by atoms with E-state index in [-0.39, 0.29) is 18.0 Å². The first-order chi connectivity index (χ1) is 8.26. The molecular weight excluding hydrogens is 232 g/mol. The van der Waals surface area contributed by atoms with Gasteiger partial charge in [0, 0.05) is 13.1 Å². The van der Waals surface area contributed by atoms with Gasteiger partial charge in [-0.2, -0.15) is 0 Å². The summed E-state index contributed by atoms with van der Waals surface area (Å²) in [5.41, 5.74) is -0.0793. The number of carbonyl (C=O) groups excluding carboxylic acids is 1. The molecule has 0 aliphatic heterocycles. The van der Waals surface area contributed by atoms with E-state index in [1.54, 1.807) is 6.08 Å². The summed E-state index contributed by atoms with van der Waals surface area (Å²) >= 11 is 0. The second kappa shape index (κ2) is 7.74. The van der Waals surface area contributed by atoms with Crippen LogP contribution in [0.25, 0.3) is 0 Å². The molecule has 2 amide bonds. The van der Waals surface area contributed by atoms with Crippen molar-refractivity contribution in [2.75, 3.05) is 13.1 Å². The standard InChI is InChI=1S/C13H24N2O3/c1-5-6-7-14-12(18)15-9-10(11(16)17)8-13(2,3)4/h5,10H,1,6-9H2,2-4H3,(H,16,17)(H2,14,15,18). The number of carboxylic acid groups (broad SMARTS) is 1. The average molecular weight is 256 g/mol. The summed E-state index contributed by atoms with van der Waals surface area (Å²) in [4.78, 5) is 22.4. The highest BCUT2D eigenvalue weighted by Crippen LogP contribution is 2.24. The van der Waals surface area contributed by atoms with Gasteiger partial charge in [-0.05, 0) is 18.3 Å². The number of aliphatic carboxylic acids is 1. The zero-order valence-electron chi connectivity index (χ0n) is 11.5. The number of hydrogen-bond donors (Lipinski definition) is 3. The summed E-state index contributed by atoms with van der Waals surface area (Å²) in [7, 11) is 0. The first-order valence-electron chi connectivity index (χ1n) is 6.11. The Morgan fingerprint density at radius 2 is 1.94 bits per heavy atom. The van der Waals surface area contributed by atoms with Crippen molar-refractivity contribution in [3.8, 4) is 0 Å². The first-order valence-corrected chi connectivity index (χ1v) is 6.11. The number of carbonyl (C=O) groups is 2. The zero-order valence-corrected chi connectivity index (χ0v) is 11.5. The highest BCUT2D eigenvalue weighted by molar-refractivity contribution is 5.75. The largest absolute Gasteiger partial charge is 0.481 e. The van der Waals surface area contributed by atoms with Crippen LogP contribution < -0.4 is 10.6 Å². The van der Waals surface area contributed by atoms with Crippen LogP contribution in [0.1, 0.15) is 33.6 Å². The molecule has 0 saturated heterocycles. The lowest BCUT2D eigenvalue weighted by Gasteiger charge is -2.23. The maximum atomic E-state index is 11.4. The Hall–Kier alpha value is -1.52. The minimum atomic E-state index is -0.878. The van der Waals surface area contributed by atoms with Gasteiger partial charge >= 0.3 is 12.0 Å². The smallest absolute Gasteiger partial charge is 0.314 e. The van der Waals surface area contributed by atoms with Gasteiger partial charge in [0.15, 0.2) is 0 Å². The highest BCUT2D eigenvalue weighted by Gasteiger charge is 2.24. The van der Waals surface area contributed by atoms with Gasteiger partial charge in [0.25, 0.3) is 0 Å². The maximum Gasteiger partial charge on any atom is 0.314 e. The van der Waals surface area contributed by atoms with Crippen molar-refractivity contribution in [2.24, 2.45) is 11.3 Å². The fraction of sp³-hybridized carbons (Fsp3) is 0.692. The monoisotopic (exact) mass is 256 g/mol. The molecule has 0 aromatic carbocycles. The van der Waals surface area contributed by atoms with Gasteiger partial charge in [-0.3, -0.25) is 4.79 Å². The second-order valence-corrected chi connectivity index (χ2v) is 5.51. The zero-order chi connectivity index (χ0) is 14.2. The summed E-state index contributed by atoms with van der Waals surface area (Å²) in [6.07, 6.45) is 2.92. The summed E-state index contributed by atoms with van der Waals surface area (Å²) in [6.45, 7) is 10.1. The predicted molar refractivity (Wildman–Crippen MR) is 71.4 cm³/mol. The summed E-state index contributed by atoms with van der Waals surface area (Å²) < 4.78 is 0. The molecule has 0 spiro atoms. The third-order valence-corrected chi connectivity index (χ3v) is 2.35. The molecule has 0 aromatic heterocycles. The quantitative estimate of drug-likeness (QED) is 0.481. The van der Waals surface area contributed by atoms with E-state index >= 15 is 0 Å². The van der Waals surface area contributed by atoms with Crippen LogP contribution in [0.3, 0.4) is 0 Å². The lowest BCUT2D eigenvalue weighted by atomic mass is 9.84. The molecule has 5 nitrogen and oxygen atoms in total. The summed E-state index contributed by atoms with van der Waals surface area (Å²) in [6, 6.07) is -0.336.